The van der Waals surface area contributed by atoms with Crippen molar-refractivity contribution < 1.29 is 9.59 Å². The number of primary amides is 1. The third kappa shape index (κ3) is 4.30. The van der Waals surface area contributed by atoms with Crippen LogP contribution in [0.2, 0.25) is 0 Å². The van der Waals surface area contributed by atoms with Gasteiger partial charge in [0, 0.05) is 0 Å². The number of likely N-dealkylation sites (N-methyl/N-ethyl adjacent to an activating group) is 1. The first kappa shape index (κ1) is 16.0. The Balaban J connectivity index is 1.99. The molecule has 0 saturated heterocycles. The average Bonchev–Trinajstić information content (AvgIpc) is 2.45. The van der Waals surface area contributed by atoms with E-state index in [1.807, 2.05) is 37.3 Å². The predicted octanol–water partition coefficient (Wildman–Crippen LogP) is 1.43. The highest BCUT2D eigenvalue weighted by atomic mass is 16.2. The van der Waals surface area contributed by atoms with Gasteiger partial charge in [0.2, 0.25) is 11.8 Å². The van der Waals surface area contributed by atoms with E-state index < -0.39 is 5.91 Å². The minimum Gasteiger partial charge on any atom is -0.369 e. The summed E-state index contributed by atoms with van der Waals surface area (Å²) < 4.78 is 0. The maximum absolute atomic E-state index is 12.0. The van der Waals surface area contributed by atoms with Gasteiger partial charge in [0.25, 0.3) is 0 Å². The van der Waals surface area contributed by atoms with E-state index in [1.54, 1.807) is 11.9 Å². The van der Waals surface area contributed by atoms with Crippen LogP contribution in [0.3, 0.4) is 0 Å². The summed E-state index contributed by atoms with van der Waals surface area (Å²) in [6.45, 7) is 2.15. The number of benzene rings is 2. The van der Waals surface area contributed by atoms with Gasteiger partial charge < -0.3 is 11.1 Å². The Morgan fingerprint density at radius 3 is 2.50 bits per heavy atom. The van der Waals surface area contributed by atoms with Crippen molar-refractivity contribution in [1.29, 1.82) is 0 Å². The molecule has 0 radical (unpaired) electrons. The quantitative estimate of drug-likeness (QED) is 0.847. The van der Waals surface area contributed by atoms with E-state index in [1.165, 1.54) is 5.39 Å². The molecule has 5 nitrogen and oxygen atoms in total. The van der Waals surface area contributed by atoms with Crippen molar-refractivity contribution in [1.82, 2.24) is 10.2 Å². The van der Waals surface area contributed by atoms with Crippen molar-refractivity contribution in [3.05, 3.63) is 48.0 Å². The summed E-state index contributed by atoms with van der Waals surface area (Å²) >= 11 is 0. The second-order valence-electron chi connectivity index (χ2n) is 5.53. The third-order valence-corrected chi connectivity index (χ3v) is 3.49. The lowest BCUT2D eigenvalue weighted by molar-refractivity contribution is -0.123. The fraction of sp³-hybridized carbons (Fsp3) is 0.294. The second kappa shape index (κ2) is 7.04. The van der Waals surface area contributed by atoms with Crippen LogP contribution in [0, 0.1) is 0 Å². The first-order chi connectivity index (χ1) is 10.5. The molecule has 22 heavy (non-hydrogen) atoms. The molecule has 0 aliphatic carbocycles. The molecule has 0 aliphatic heterocycles. The van der Waals surface area contributed by atoms with Crippen LogP contribution in [0.1, 0.15) is 18.5 Å². The van der Waals surface area contributed by atoms with E-state index in [0.717, 1.165) is 10.9 Å². The summed E-state index contributed by atoms with van der Waals surface area (Å²) in [7, 11) is 1.69. The first-order valence-electron chi connectivity index (χ1n) is 7.20. The largest absolute Gasteiger partial charge is 0.369 e. The number of nitrogens with one attached hydrogen (secondary N) is 1. The summed E-state index contributed by atoms with van der Waals surface area (Å²) in [4.78, 5) is 24.4. The fourth-order valence-corrected chi connectivity index (χ4v) is 2.41. The zero-order chi connectivity index (χ0) is 16.1. The molecule has 1 atom stereocenters. The van der Waals surface area contributed by atoms with Crippen LogP contribution >= 0.6 is 0 Å². The molecule has 0 bridgehead atoms. The number of rotatable bonds is 6. The molecule has 116 valence electrons. The van der Waals surface area contributed by atoms with Crippen LogP contribution in [-0.4, -0.2) is 36.9 Å². The normalized spacial score (nSPS) is 12.3. The summed E-state index contributed by atoms with van der Waals surface area (Å²) in [5, 5.41) is 5.25. The molecule has 0 saturated carbocycles. The van der Waals surface area contributed by atoms with Gasteiger partial charge in [-0.15, -0.1) is 0 Å². The lowest BCUT2D eigenvalue weighted by Crippen LogP contribution is -2.39. The molecule has 0 spiro atoms. The number of nitrogens with zero attached hydrogens (tertiary/aromatic N) is 1. The summed E-state index contributed by atoms with van der Waals surface area (Å²) in [6, 6.07) is 14.1. The minimum atomic E-state index is -0.446. The van der Waals surface area contributed by atoms with E-state index in [2.05, 4.69) is 17.4 Å². The average molecular weight is 299 g/mol. The zero-order valence-corrected chi connectivity index (χ0v) is 12.9. The number of amides is 2. The topological polar surface area (TPSA) is 75.4 Å². The van der Waals surface area contributed by atoms with E-state index >= 15 is 0 Å². The van der Waals surface area contributed by atoms with Gasteiger partial charge in [0.1, 0.15) is 0 Å². The van der Waals surface area contributed by atoms with Gasteiger partial charge in [0.15, 0.2) is 0 Å². The maximum atomic E-state index is 12.0. The van der Waals surface area contributed by atoms with Crippen molar-refractivity contribution in [2.75, 3.05) is 20.1 Å². The SMILES string of the molecule is CC(NC(=O)CN(C)CC(N)=O)c1ccc2ccccc2c1. The van der Waals surface area contributed by atoms with Crippen molar-refractivity contribution in [3.63, 3.8) is 0 Å². The van der Waals surface area contributed by atoms with Crippen LogP contribution < -0.4 is 11.1 Å². The lowest BCUT2D eigenvalue weighted by Gasteiger charge is -2.18. The Hall–Kier alpha value is -2.40. The smallest absolute Gasteiger partial charge is 0.234 e. The monoisotopic (exact) mass is 299 g/mol. The van der Waals surface area contributed by atoms with Gasteiger partial charge in [-0.1, -0.05) is 36.4 Å². The van der Waals surface area contributed by atoms with Gasteiger partial charge in [-0.25, -0.2) is 0 Å². The molecule has 0 heterocycles. The fourth-order valence-electron chi connectivity index (χ4n) is 2.41. The van der Waals surface area contributed by atoms with Crippen LogP contribution in [0.15, 0.2) is 42.5 Å². The molecule has 0 aliphatic rings. The van der Waals surface area contributed by atoms with Crippen molar-refractivity contribution >= 4 is 22.6 Å². The highest BCUT2D eigenvalue weighted by molar-refractivity contribution is 5.84. The van der Waals surface area contributed by atoms with E-state index in [-0.39, 0.29) is 25.0 Å². The lowest BCUT2D eigenvalue weighted by atomic mass is 10.0. The van der Waals surface area contributed by atoms with Gasteiger partial charge >= 0.3 is 0 Å². The standard InChI is InChI=1S/C17H21N3O2/c1-12(19-17(22)11-20(2)10-16(18)21)14-8-7-13-5-3-4-6-15(13)9-14/h3-9,12H,10-11H2,1-2H3,(H2,18,21)(H,19,22). The third-order valence-electron chi connectivity index (χ3n) is 3.49. The van der Waals surface area contributed by atoms with Gasteiger partial charge in [-0.05, 0) is 36.4 Å². The highest BCUT2D eigenvalue weighted by Crippen LogP contribution is 2.20. The molecule has 5 heteroatoms. The molecule has 1 unspecified atom stereocenters. The van der Waals surface area contributed by atoms with Crippen molar-refractivity contribution in [2.24, 2.45) is 5.73 Å². The van der Waals surface area contributed by atoms with Crippen LogP contribution in [-0.2, 0) is 9.59 Å². The predicted molar refractivity (Wildman–Crippen MR) is 87.2 cm³/mol. The van der Waals surface area contributed by atoms with Crippen molar-refractivity contribution in [2.45, 2.75) is 13.0 Å². The van der Waals surface area contributed by atoms with E-state index in [0.29, 0.717) is 0 Å². The zero-order valence-electron chi connectivity index (χ0n) is 12.9. The Morgan fingerprint density at radius 1 is 1.14 bits per heavy atom. The van der Waals surface area contributed by atoms with Crippen molar-refractivity contribution in [3.8, 4) is 0 Å². The Morgan fingerprint density at radius 2 is 1.82 bits per heavy atom. The Kier molecular flexibility index (Phi) is 5.12. The number of carbonyl (C=O) groups excluding carboxylic acids is 2. The number of hydrogen-bond acceptors (Lipinski definition) is 3. The van der Waals surface area contributed by atoms with E-state index in [4.69, 9.17) is 5.73 Å². The van der Waals surface area contributed by atoms with Gasteiger partial charge in [0.05, 0.1) is 19.1 Å². The molecule has 0 aromatic heterocycles. The number of nitrogens with two attached hydrogens (primary N) is 1. The highest BCUT2D eigenvalue weighted by Gasteiger charge is 2.13. The molecule has 2 aromatic carbocycles. The van der Waals surface area contributed by atoms with Crippen LogP contribution in [0.4, 0.5) is 0 Å². The van der Waals surface area contributed by atoms with Gasteiger partial charge in [-0.2, -0.15) is 0 Å². The molecule has 2 amide bonds. The second-order valence-corrected chi connectivity index (χ2v) is 5.53. The number of fused-ring (bicyclic) bond motifs is 1. The summed E-state index contributed by atoms with van der Waals surface area (Å²) in [6.07, 6.45) is 0. The van der Waals surface area contributed by atoms with Gasteiger partial charge in [-0.3, -0.25) is 14.5 Å². The molecule has 0 fully saturated rings. The Labute approximate surface area is 130 Å². The molecule has 2 aromatic rings. The number of carbonyl (C=O) groups is 2. The van der Waals surface area contributed by atoms with E-state index in [9.17, 15) is 9.59 Å². The Bertz CT molecular complexity index is 684. The molecule has 3 N–H and O–H groups in total. The molecular weight excluding hydrogens is 278 g/mol. The summed E-state index contributed by atoms with van der Waals surface area (Å²) in [5.74, 6) is -0.581. The first-order valence-corrected chi connectivity index (χ1v) is 7.20. The molecule has 2 rings (SSSR count). The maximum Gasteiger partial charge on any atom is 0.234 e. The minimum absolute atomic E-state index is 0.0672. The molecular formula is C17H21N3O2. The summed E-state index contributed by atoms with van der Waals surface area (Å²) in [5.41, 5.74) is 6.15. The number of hydrogen-bond donors (Lipinski definition) is 2. The van der Waals surface area contributed by atoms with Crippen LogP contribution in [0.5, 0.6) is 0 Å². The van der Waals surface area contributed by atoms with Crippen LogP contribution in [0.25, 0.3) is 10.8 Å².